The van der Waals surface area contributed by atoms with E-state index in [2.05, 4.69) is 81.2 Å². The molecule has 3 aliphatic heterocycles. The number of aromatic amines is 1. The molecule has 2 unspecified atom stereocenters. The van der Waals surface area contributed by atoms with Gasteiger partial charge in [-0.05, 0) is 50.7 Å². The van der Waals surface area contributed by atoms with E-state index in [0.29, 0.717) is 11.4 Å². The first-order valence-electron chi connectivity index (χ1n) is 19.1. The first-order valence-corrected chi connectivity index (χ1v) is 23.8. The third kappa shape index (κ3) is 10.9. The number of phosphoric ester groups is 1. The van der Waals surface area contributed by atoms with Crippen molar-refractivity contribution in [2.75, 3.05) is 63.1 Å². The summed E-state index contributed by atoms with van der Waals surface area (Å²) in [6.45, 7) is 14.8. The Hall–Kier alpha value is -3.13. The van der Waals surface area contributed by atoms with Gasteiger partial charge in [0.1, 0.15) is 42.4 Å². The van der Waals surface area contributed by atoms with Crippen molar-refractivity contribution < 1.29 is 52.2 Å². The number of H-pyrrole nitrogens is 1. The maximum atomic E-state index is 13.4. The van der Waals surface area contributed by atoms with Gasteiger partial charge in [0.2, 0.25) is 5.95 Å². The van der Waals surface area contributed by atoms with Crippen molar-refractivity contribution in [3.05, 3.63) is 29.3 Å². The highest BCUT2D eigenvalue weighted by Crippen LogP contribution is 2.60. The van der Waals surface area contributed by atoms with Gasteiger partial charge in [-0.1, -0.05) is 41.5 Å². The van der Waals surface area contributed by atoms with E-state index in [0.717, 1.165) is 10.9 Å². The molecule has 27 heteroatoms. The fourth-order valence-corrected chi connectivity index (χ4v) is 10.3. The molecule has 0 saturated carbocycles. The zero-order chi connectivity index (χ0) is 43.2. The van der Waals surface area contributed by atoms with Gasteiger partial charge in [0.15, 0.2) is 35.1 Å². The lowest BCUT2D eigenvalue weighted by Gasteiger charge is -2.25. The lowest BCUT2D eigenvalue weighted by Crippen LogP contribution is -2.36. The molecule has 4 aromatic heterocycles. The molecule has 7 heterocycles. The van der Waals surface area contributed by atoms with Crippen LogP contribution in [-0.4, -0.2) is 157 Å². The minimum atomic E-state index is -5.02. The van der Waals surface area contributed by atoms with Crippen LogP contribution in [0.3, 0.4) is 0 Å². The van der Waals surface area contributed by atoms with Crippen LogP contribution in [0.2, 0.25) is 0 Å². The van der Waals surface area contributed by atoms with Gasteiger partial charge in [0, 0.05) is 5.75 Å². The van der Waals surface area contributed by atoms with Crippen molar-refractivity contribution in [3.8, 4) is 0 Å². The summed E-state index contributed by atoms with van der Waals surface area (Å²) in [6.07, 6.45) is -8.42. The second-order valence-electron chi connectivity index (χ2n) is 13.4. The Kier molecular flexibility index (Phi) is 16.0. The number of ether oxygens (including phenoxy) is 2. The van der Waals surface area contributed by atoms with Crippen molar-refractivity contribution in [3.63, 3.8) is 0 Å². The largest absolute Gasteiger partial charge is 0.472 e. The van der Waals surface area contributed by atoms with Crippen molar-refractivity contribution in [1.82, 2.24) is 48.8 Å². The van der Waals surface area contributed by atoms with Crippen LogP contribution in [0, 0.1) is 0 Å². The number of imidazole rings is 2. The third-order valence-corrected chi connectivity index (χ3v) is 14.0. The average Bonchev–Trinajstić information content (AvgIpc) is 3.96. The minimum absolute atomic E-state index is 0.0549. The Bertz CT molecular complexity index is 2130. The van der Waals surface area contributed by atoms with Crippen molar-refractivity contribution >= 4 is 60.1 Å². The number of nitrogens with two attached hydrogens (primary N) is 2. The summed E-state index contributed by atoms with van der Waals surface area (Å²) in [5, 5.41) is 22.2. The number of aromatic nitrogens is 8. The fourth-order valence-electron chi connectivity index (χ4n) is 6.64. The van der Waals surface area contributed by atoms with Gasteiger partial charge in [-0.3, -0.25) is 32.5 Å². The Morgan fingerprint density at radius 1 is 0.797 bits per heavy atom. The molecular weight excluding hydrogens is 838 g/mol. The maximum absolute atomic E-state index is 13.4. The highest BCUT2D eigenvalue weighted by molar-refractivity contribution is 8.54. The molecule has 7 rings (SSSR count). The summed E-state index contributed by atoms with van der Waals surface area (Å²) in [6, 6.07) is 0. The normalized spacial score (nSPS) is 31.2. The first-order chi connectivity index (χ1) is 28.0. The number of hydrogen-bond donors (Lipinski definition) is 7. The summed E-state index contributed by atoms with van der Waals surface area (Å²) >= 11 is 0.339. The smallest absolute Gasteiger partial charge is 0.387 e. The number of anilines is 2. The Morgan fingerprint density at radius 3 is 1.97 bits per heavy atom. The van der Waals surface area contributed by atoms with Crippen LogP contribution >= 0.6 is 26.0 Å². The SMILES string of the molecule is CCN(CC)CC.CCN(CC)CC.Nc1nc2c(ncn2[C@@H]2O[C@@H]3COP(=O)(O)O[C@H]4[C@@H](O)[C@H](n5cnc6c(N)ncnc65)O[C@@H]4CSP(=O)(O)O[C@@H]2[C@@H]3O)c(=O)[nH]1. The third-order valence-electron chi connectivity index (χ3n) is 10.0. The van der Waals surface area contributed by atoms with E-state index in [1.54, 1.807) is 0 Å². The predicted octanol–water partition coefficient (Wildman–Crippen LogP) is 1.07. The summed E-state index contributed by atoms with van der Waals surface area (Å²) in [7, 11) is -5.02. The number of phosphoric acid groups is 1. The monoisotopic (exact) mass is 892 g/mol. The van der Waals surface area contributed by atoms with Gasteiger partial charge < -0.3 is 50.7 Å². The number of rotatable bonds is 8. The maximum Gasteiger partial charge on any atom is 0.472 e. The molecule has 0 aromatic carbocycles. The summed E-state index contributed by atoms with van der Waals surface area (Å²) < 4.78 is 56.6. The molecule has 10 atom stereocenters. The van der Waals surface area contributed by atoms with Crippen LogP contribution < -0.4 is 17.0 Å². The lowest BCUT2D eigenvalue weighted by atomic mass is 10.1. The van der Waals surface area contributed by atoms with E-state index in [4.69, 9.17) is 34.5 Å². The minimum Gasteiger partial charge on any atom is -0.387 e. The second-order valence-corrected chi connectivity index (χ2v) is 18.7. The summed E-state index contributed by atoms with van der Waals surface area (Å²) in [5.41, 5.74) is 11.0. The molecule has 4 aromatic rings. The number of nitrogens with zero attached hydrogens (tertiary/aromatic N) is 9. The second kappa shape index (κ2) is 20.2. The average molecular weight is 893 g/mol. The fraction of sp³-hybridized carbons (Fsp3) is 0.688. The van der Waals surface area contributed by atoms with E-state index < -0.39 is 81.6 Å². The molecule has 3 fully saturated rings. The number of aliphatic hydroxyl groups excluding tert-OH is 2. The van der Waals surface area contributed by atoms with Gasteiger partial charge in [-0.25, -0.2) is 29.1 Å². The number of hydrogen-bond acceptors (Lipinski definition) is 20. The van der Waals surface area contributed by atoms with E-state index in [1.165, 1.54) is 56.5 Å². The van der Waals surface area contributed by atoms with Crippen molar-refractivity contribution in [2.45, 2.75) is 90.6 Å². The number of nitrogen functional groups attached to an aromatic ring is 2. The number of fused-ring (bicyclic) bond motifs is 5. The molecule has 2 bridgehead atoms. The van der Waals surface area contributed by atoms with E-state index in [9.17, 15) is 33.9 Å². The molecule has 0 radical (unpaired) electrons. The lowest BCUT2D eigenvalue weighted by molar-refractivity contribution is -0.0538. The zero-order valence-electron chi connectivity index (χ0n) is 33.5. The molecule has 59 heavy (non-hydrogen) atoms. The van der Waals surface area contributed by atoms with E-state index in [-0.39, 0.29) is 34.1 Å². The van der Waals surface area contributed by atoms with Crippen LogP contribution in [0.4, 0.5) is 11.8 Å². The molecule has 0 spiro atoms. The van der Waals surface area contributed by atoms with Crippen LogP contribution in [0.25, 0.3) is 22.3 Å². The zero-order valence-corrected chi connectivity index (χ0v) is 36.2. The van der Waals surface area contributed by atoms with Gasteiger partial charge in [-0.15, -0.1) is 0 Å². The predicted molar refractivity (Wildman–Crippen MR) is 217 cm³/mol. The number of aliphatic hydroxyl groups is 2. The van der Waals surface area contributed by atoms with Gasteiger partial charge in [0.25, 0.3) is 5.56 Å². The summed E-state index contributed by atoms with van der Waals surface area (Å²) in [4.78, 5) is 60.9. The Morgan fingerprint density at radius 2 is 1.37 bits per heavy atom. The molecule has 9 N–H and O–H groups in total. The van der Waals surface area contributed by atoms with Crippen LogP contribution in [0.1, 0.15) is 54.0 Å². The van der Waals surface area contributed by atoms with E-state index in [1.807, 2.05) is 0 Å². The van der Waals surface area contributed by atoms with Crippen LogP contribution in [0.5, 0.6) is 0 Å². The highest BCUT2D eigenvalue weighted by Gasteiger charge is 2.53. The topological polar surface area (TPSA) is 327 Å². The molecule has 24 nitrogen and oxygen atoms in total. The quantitative estimate of drug-likeness (QED) is 0.122. The van der Waals surface area contributed by atoms with Crippen LogP contribution in [0.15, 0.2) is 23.8 Å². The van der Waals surface area contributed by atoms with Gasteiger partial charge >= 0.3 is 14.6 Å². The van der Waals surface area contributed by atoms with Crippen LogP contribution in [-0.2, 0) is 32.2 Å². The molecule has 330 valence electrons. The van der Waals surface area contributed by atoms with Crippen molar-refractivity contribution in [2.24, 2.45) is 0 Å². The molecular formula is C32H54N12O12P2S. The van der Waals surface area contributed by atoms with Gasteiger partial charge in [0.05, 0.1) is 25.4 Å². The highest BCUT2D eigenvalue weighted by atomic mass is 32.7. The van der Waals surface area contributed by atoms with Gasteiger partial charge in [-0.2, -0.15) is 4.98 Å². The summed E-state index contributed by atoms with van der Waals surface area (Å²) in [5.74, 6) is -0.630. The Balaban J connectivity index is 0.000000407. The van der Waals surface area contributed by atoms with Crippen molar-refractivity contribution in [1.29, 1.82) is 0 Å². The molecule has 3 saturated heterocycles. The molecule has 0 aliphatic carbocycles. The standard InChI is InChI=1S/C20H24N10O12P2S.2C6H15N/c21-14-8-15(24-3-23-14)29(4-25-8)18-11(32)12-7(40-18)2-45-44(36,37)42-13-10(31)6(1-38-43(34,35)41-12)39-19(13)30-5-26-9-16(30)27-20(22)28-17(9)33;2*1-4-7(5-2)6-3/h3-7,10-13,18-19,31-32H,1-2H2,(H,34,35)(H,36,37)(H2,21,23,24)(H3,22,27,28,33);2*4-6H2,1-3H3/t6-,7-,10-,11-,12-,13-,18-,19-;;/m1../s1. The number of nitrogens with one attached hydrogen (secondary N) is 1. The van der Waals surface area contributed by atoms with E-state index >= 15 is 0 Å². The molecule has 3 aliphatic rings. The first kappa shape index (κ1) is 46.9. The Labute approximate surface area is 343 Å². The molecule has 0 amide bonds.